The molecule has 1 aromatic carbocycles. The van der Waals surface area contributed by atoms with E-state index in [0.717, 1.165) is 5.06 Å². The molecule has 1 heterocycles. The lowest BCUT2D eigenvalue weighted by Crippen LogP contribution is -2.30. The fraction of sp³-hybridized carbons (Fsp3) is 0.438. The second-order valence-corrected chi connectivity index (χ2v) is 6.15. The monoisotopic (exact) mass is 320 g/mol. The van der Waals surface area contributed by atoms with Gasteiger partial charge in [-0.1, -0.05) is 12.1 Å². The molecule has 124 valence electrons. The Balaban J connectivity index is 2.09. The summed E-state index contributed by atoms with van der Waals surface area (Å²) in [5.41, 5.74) is -0.238. The summed E-state index contributed by atoms with van der Waals surface area (Å²) < 4.78 is 5.16. The second-order valence-electron chi connectivity index (χ2n) is 6.15. The zero-order valence-electron chi connectivity index (χ0n) is 13.4. The van der Waals surface area contributed by atoms with Gasteiger partial charge in [0, 0.05) is 6.42 Å². The van der Waals surface area contributed by atoms with Crippen LogP contribution in [-0.4, -0.2) is 35.2 Å². The number of carbonyl (C=O) groups is 3. The van der Waals surface area contributed by atoms with E-state index in [0.29, 0.717) is 19.4 Å². The van der Waals surface area contributed by atoms with Crippen molar-refractivity contribution in [2.24, 2.45) is 0 Å². The van der Waals surface area contributed by atoms with Crippen LogP contribution in [0.5, 0.6) is 0 Å². The fourth-order valence-corrected chi connectivity index (χ4v) is 2.05. The molecule has 1 fully saturated rings. The molecule has 1 saturated heterocycles. The van der Waals surface area contributed by atoms with E-state index in [2.05, 4.69) is 5.32 Å². The second kappa shape index (κ2) is 6.68. The minimum absolute atomic E-state index is 0.151. The molecular weight excluding hydrogens is 300 g/mol. The van der Waals surface area contributed by atoms with Gasteiger partial charge in [-0.05, 0) is 39.3 Å². The number of hydrogen-bond donors (Lipinski definition) is 1. The van der Waals surface area contributed by atoms with Crippen LogP contribution in [-0.2, 0) is 14.4 Å². The molecule has 0 aliphatic carbocycles. The van der Waals surface area contributed by atoms with Crippen LogP contribution in [0.2, 0.25) is 0 Å². The number of rotatable bonds is 3. The summed E-state index contributed by atoms with van der Waals surface area (Å²) in [5.74, 6) is -0.928. The van der Waals surface area contributed by atoms with Crippen molar-refractivity contribution in [2.75, 3.05) is 11.9 Å². The molecule has 0 spiro atoms. The summed E-state index contributed by atoms with van der Waals surface area (Å²) in [6.45, 7) is 5.61. The topological polar surface area (TPSA) is 84.9 Å². The normalized spacial score (nSPS) is 14.6. The van der Waals surface area contributed by atoms with Crippen molar-refractivity contribution in [3.8, 4) is 0 Å². The van der Waals surface area contributed by atoms with Crippen molar-refractivity contribution in [1.29, 1.82) is 0 Å². The van der Waals surface area contributed by atoms with Crippen molar-refractivity contribution in [2.45, 2.75) is 39.2 Å². The van der Waals surface area contributed by atoms with Crippen LogP contribution in [0.15, 0.2) is 24.3 Å². The van der Waals surface area contributed by atoms with Gasteiger partial charge in [-0.3, -0.25) is 10.1 Å². The van der Waals surface area contributed by atoms with Crippen LogP contribution in [0.4, 0.5) is 10.5 Å². The number of nitrogens with zero attached hydrogens (tertiary/aromatic N) is 1. The summed E-state index contributed by atoms with van der Waals surface area (Å²) in [6.07, 6.45) is 0.352. The maximum atomic E-state index is 12.2. The molecule has 7 heteroatoms. The van der Waals surface area contributed by atoms with Gasteiger partial charge in [0.05, 0.1) is 17.8 Å². The Labute approximate surface area is 134 Å². The Kier molecular flexibility index (Phi) is 4.88. The quantitative estimate of drug-likeness (QED) is 0.925. The molecule has 2 amide bonds. The van der Waals surface area contributed by atoms with Crippen LogP contribution in [0.25, 0.3) is 0 Å². The number of anilines is 1. The third-order valence-electron chi connectivity index (χ3n) is 3.01. The van der Waals surface area contributed by atoms with E-state index in [1.165, 1.54) is 6.07 Å². The Morgan fingerprint density at radius 3 is 2.52 bits per heavy atom. The van der Waals surface area contributed by atoms with Crippen molar-refractivity contribution in [3.63, 3.8) is 0 Å². The molecule has 0 atom stereocenters. The van der Waals surface area contributed by atoms with Gasteiger partial charge in [-0.15, -0.1) is 0 Å². The SMILES string of the molecule is CC(C)(C)OC(=O)Nc1ccccc1C(=O)ON1CCCC1=O. The number of carbonyl (C=O) groups excluding carboxylic acids is 3. The Morgan fingerprint density at radius 2 is 1.91 bits per heavy atom. The molecule has 0 unspecified atom stereocenters. The van der Waals surface area contributed by atoms with Crippen LogP contribution in [0.1, 0.15) is 44.0 Å². The summed E-state index contributed by atoms with van der Waals surface area (Å²) in [6, 6.07) is 6.38. The molecule has 2 rings (SSSR count). The summed E-state index contributed by atoms with van der Waals surface area (Å²) in [4.78, 5) is 40.7. The average Bonchev–Trinajstić information content (AvgIpc) is 2.82. The molecule has 7 nitrogen and oxygen atoms in total. The van der Waals surface area contributed by atoms with Crippen molar-refractivity contribution < 1.29 is 24.0 Å². The number of nitrogens with one attached hydrogen (secondary N) is 1. The van der Waals surface area contributed by atoms with E-state index in [4.69, 9.17) is 9.57 Å². The standard InChI is InChI=1S/C16H20N2O5/c1-16(2,3)22-15(21)17-12-8-5-4-7-11(12)14(20)23-18-10-6-9-13(18)19/h4-5,7-8H,6,9-10H2,1-3H3,(H,17,21). The number of ether oxygens (including phenoxy) is 1. The van der Waals surface area contributed by atoms with E-state index in [1.54, 1.807) is 39.0 Å². The molecule has 1 aromatic rings. The van der Waals surface area contributed by atoms with Gasteiger partial charge in [0.1, 0.15) is 5.60 Å². The van der Waals surface area contributed by atoms with E-state index in [9.17, 15) is 14.4 Å². The van der Waals surface area contributed by atoms with E-state index in [1.807, 2.05) is 0 Å². The highest BCUT2D eigenvalue weighted by molar-refractivity contribution is 6.00. The van der Waals surface area contributed by atoms with Crippen LogP contribution >= 0.6 is 0 Å². The average molecular weight is 320 g/mol. The van der Waals surface area contributed by atoms with Crippen LogP contribution in [0.3, 0.4) is 0 Å². The summed E-state index contributed by atoms with van der Waals surface area (Å²) in [5, 5.41) is 3.57. The predicted molar refractivity (Wildman–Crippen MR) is 82.7 cm³/mol. The first-order chi connectivity index (χ1) is 10.8. The summed E-state index contributed by atoms with van der Waals surface area (Å²) >= 11 is 0. The third-order valence-corrected chi connectivity index (χ3v) is 3.01. The third kappa shape index (κ3) is 4.70. The Hall–Kier alpha value is -2.57. The van der Waals surface area contributed by atoms with Gasteiger partial charge in [0.2, 0.25) is 0 Å². The van der Waals surface area contributed by atoms with Crippen molar-refractivity contribution in [3.05, 3.63) is 29.8 Å². The first-order valence-electron chi connectivity index (χ1n) is 7.38. The molecule has 1 aliphatic rings. The minimum Gasteiger partial charge on any atom is -0.444 e. The number of benzene rings is 1. The van der Waals surface area contributed by atoms with E-state index < -0.39 is 17.7 Å². The van der Waals surface area contributed by atoms with E-state index >= 15 is 0 Å². The van der Waals surface area contributed by atoms with Gasteiger partial charge < -0.3 is 9.57 Å². The summed E-state index contributed by atoms with van der Waals surface area (Å²) in [7, 11) is 0. The highest BCUT2D eigenvalue weighted by Gasteiger charge is 2.26. The highest BCUT2D eigenvalue weighted by Crippen LogP contribution is 2.20. The van der Waals surface area contributed by atoms with Gasteiger partial charge in [0.25, 0.3) is 5.91 Å². The van der Waals surface area contributed by atoms with Crippen LogP contribution < -0.4 is 5.32 Å². The van der Waals surface area contributed by atoms with Crippen molar-refractivity contribution in [1.82, 2.24) is 5.06 Å². The molecule has 0 bridgehead atoms. The number of para-hydroxylation sites is 1. The first-order valence-corrected chi connectivity index (χ1v) is 7.38. The Bertz CT molecular complexity index is 621. The van der Waals surface area contributed by atoms with Gasteiger partial charge in [0.15, 0.2) is 0 Å². The minimum atomic E-state index is -0.702. The molecule has 0 aromatic heterocycles. The smallest absolute Gasteiger partial charge is 0.412 e. The molecule has 1 aliphatic heterocycles. The van der Waals surface area contributed by atoms with Crippen LogP contribution in [0, 0.1) is 0 Å². The molecule has 0 radical (unpaired) electrons. The zero-order valence-corrected chi connectivity index (χ0v) is 13.4. The molecule has 23 heavy (non-hydrogen) atoms. The molecular formula is C16H20N2O5. The lowest BCUT2D eigenvalue weighted by Gasteiger charge is -2.20. The first kappa shape index (κ1) is 16.8. The lowest BCUT2D eigenvalue weighted by atomic mass is 10.2. The lowest BCUT2D eigenvalue weighted by molar-refractivity contribution is -0.159. The number of amides is 2. The fourth-order valence-electron chi connectivity index (χ4n) is 2.05. The number of hydroxylamine groups is 2. The maximum Gasteiger partial charge on any atom is 0.412 e. The van der Waals surface area contributed by atoms with Gasteiger partial charge >= 0.3 is 12.1 Å². The highest BCUT2D eigenvalue weighted by atomic mass is 16.7. The van der Waals surface area contributed by atoms with E-state index in [-0.39, 0.29) is 17.2 Å². The number of hydrogen-bond acceptors (Lipinski definition) is 5. The molecule has 1 N–H and O–H groups in total. The Morgan fingerprint density at radius 1 is 1.22 bits per heavy atom. The predicted octanol–water partition coefficient (Wildman–Crippen LogP) is 2.73. The van der Waals surface area contributed by atoms with Crippen molar-refractivity contribution >= 4 is 23.7 Å². The zero-order chi connectivity index (χ0) is 17.0. The van der Waals surface area contributed by atoms with Gasteiger partial charge in [-0.2, -0.15) is 5.06 Å². The largest absolute Gasteiger partial charge is 0.444 e. The van der Waals surface area contributed by atoms with Gasteiger partial charge in [-0.25, -0.2) is 9.59 Å². The maximum absolute atomic E-state index is 12.2. The molecule has 0 saturated carbocycles.